The summed E-state index contributed by atoms with van der Waals surface area (Å²) in [6.07, 6.45) is 4.33. The Labute approximate surface area is 179 Å². The summed E-state index contributed by atoms with van der Waals surface area (Å²) in [5.41, 5.74) is 1.98. The summed E-state index contributed by atoms with van der Waals surface area (Å²) in [5, 5.41) is 0. The smallest absolute Gasteiger partial charge is 0.257 e. The molecule has 2 aromatic rings. The lowest BCUT2D eigenvalue weighted by atomic mass is 9.90. The predicted molar refractivity (Wildman–Crippen MR) is 118 cm³/mol. The fraction of sp³-hybridized carbons (Fsp3) is 0.480. The van der Waals surface area contributed by atoms with Gasteiger partial charge in [0.15, 0.2) is 0 Å². The highest BCUT2D eigenvalue weighted by Crippen LogP contribution is 2.26. The Kier molecular flexibility index (Phi) is 8.57. The first kappa shape index (κ1) is 22.2. The molecule has 0 N–H and O–H groups in total. The molecule has 1 amide bonds. The average Bonchev–Trinajstić information content (AvgIpc) is 2.81. The summed E-state index contributed by atoms with van der Waals surface area (Å²) >= 11 is 0. The van der Waals surface area contributed by atoms with E-state index in [1.54, 1.807) is 7.11 Å². The highest BCUT2D eigenvalue weighted by molar-refractivity contribution is 5.97. The molecule has 1 heterocycles. The van der Waals surface area contributed by atoms with Crippen LogP contribution in [-0.4, -0.2) is 50.8 Å². The van der Waals surface area contributed by atoms with E-state index in [9.17, 15) is 4.79 Å². The minimum Gasteiger partial charge on any atom is -0.497 e. The Hall–Kier alpha value is -2.53. The molecule has 0 spiro atoms. The first-order chi connectivity index (χ1) is 14.7. The van der Waals surface area contributed by atoms with Gasteiger partial charge in [0.25, 0.3) is 5.91 Å². The molecule has 0 aliphatic carbocycles. The van der Waals surface area contributed by atoms with Crippen LogP contribution in [0.4, 0.5) is 0 Å². The van der Waals surface area contributed by atoms with E-state index in [2.05, 4.69) is 12.1 Å². The van der Waals surface area contributed by atoms with E-state index in [0.717, 1.165) is 44.5 Å². The van der Waals surface area contributed by atoms with Crippen molar-refractivity contribution < 1.29 is 19.0 Å². The van der Waals surface area contributed by atoms with Crippen molar-refractivity contribution in [1.82, 2.24) is 4.90 Å². The number of rotatable bonds is 10. The minimum absolute atomic E-state index is 0.0654. The molecule has 0 unspecified atom stereocenters. The van der Waals surface area contributed by atoms with E-state index in [-0.39, 0.29) is 5.91 Å². The number of piperidine rings is 1. The van der Waals surface area contributed by atoms with Crippen molar-refractivity contribution in [1.29, 1.82) is 0 Å². The van der Waals surface area contributed by atoms with Crippen molar-refractivity contribution >= 4 is 5.91 Å². The molecule has 5 nitrogen and oxygen atoms in total. The third-order valence-corrected chi connectivity index (χ3v) is 5.71. The Bertz CT molecular complexity index is 782. The zero-order valence-electron chi connectivity index (χ0n) is 18.1. The van der Waals surface area contributed by atoms with Gasteiger partial charge in [-0.15, -0.1) is 0 Å². The lowest BCUT2D eigenvalue weighted by Crippen LogP contribution is -2.38. The van der Waals surface area contributed by atoms with Crippen LogP contribution in [0.25, 0.3) is 0 Å². The molecule has 3 rings (SSSR count). The zero-order valence-corrected chi connectivity index (χ0v) is 18.1. The molecule has 162 valence electrons. The number of amides is 1. The zero-order chi connectivity index (χ0) is 21.2. The normalized spacial score (nSPS) is 14.5. The van der Waals surface area contributed by atoms with Crippen LogP contribution in [-0.2, 0) is 11.2 Å². The summed E-state index contributed by atoms with van der Waals surface area (Å²) < 4.78 is 16.3. The molecule has 0 aromatic heterocycles. The van der Waals surface area contributed by atoms with E-state index in [4.69, 9.17) is 14.2 Å². The Morgan fingerprint density at radius 2 is 1.77 bits per heavy atom. The Morgan fingerprint density at radius 1 is 1.03 bits per heavy atom. The molecular weight excluding hydrogens is 378 g/mol. The minimum atomic E-state index is 0.0654. The van der Waals surface area contributed by atoms with Crippen molar-refractivity contribution in [3.8, 4) is 11.5 Å². The van der Waals surface area contributed by atoms with Crippen LogP contribution < -0.4 is 9.47 Å². The third-order valence-electron chi connectivity index (χ3n) is 5.71. The second kappa shape index (κ2) is 11.6. The van der Waals surface area contributed by atoms with Gasteiger partial charge in [-0.3, -0.25) is 4.79 Å². The van der Waals surface area contributed by atoms with E-state index in [0.29, 0.717) is 37.1 Å². The monoisotopic (exact) mass is 411 g/mol. The maximum Gasteiger partial charge on any atom is 0.257 e. The van der Waals surface area contributed by atoms with Gasteiger partial charge in [0.2, 0.25) is 0 Å². The van der Waals surface area contributed by atoms with Crippen LogP contribution in [0.15, 0.2) is 48.5 Å². The number of nitrogens with zero attached hydrogens (tertiary/aromatic N) is 1. The van der Waals surface area contributed by atoms with Crippen molar-refractivity contribution in [3.63, 3.8) is 0 Å². The fourth-order valence-electron chi connectivity index (χ4n) is 3.88. The summed E-state index contributed by atoms with van der Waals surface area (Å²) in [7, 11) is 1.69. The van der Waals surface area contributed by atoms with Gasteiger partial charge in [-0.05, 0) is 68.4 Å². The van der Waals surface area contributed by atoms with Crippen LogP contribution >= 0.6 is 0 Å². The summed E-state index contributed by atoms with van der Waals surface area (Å²) in [4.78, 5) is 15.0. The van der Waals surface area contributed by atoms with E-state index in [1.165, 1.54) is 5.56 Å². The Morgan fingerprint density at radius 3 is 2.47 bits per heavy atom. The number of aryl methyl sites for hydroxylation is 1. The van der Waals surface area contributed by atoms with E-state index >= 15 is 0 Å². The third kappa shape index (κ3) is 6.23. The molecule has 2 aromatic carbocycles. The van der Waals surface area contributed by atoms with Crippen LogP contribution in [0.3, 0.4) is 0 Å². The van der Waals surface area contributed by atoms with Gasteiger partial charge in [-0.25, -0.2) is 0 Å². The average molecular weight is 412 g/mol. The first-order valence-corrected chi connectivity index (χ1v) is 10.9. The summed E-state index contributed by atoms with van der Waals surface area (Å²) in [5.74, 6) is 2.26. The fourth-order valence-corrected chi connectivity index (χ4v) is 3.88. The molecular formula is C25H33NO4. The Balaban J connectivity index is 1.48. The molecule has 0 atom stereocenters. The van der Waals surface area contributed by atoms with Gasteiger partial charge in [0, 0.05) is 19.7 Å². The van der Waals surface area contributed by atoms with Crippen LogP contribution in [0.5, 0.6) is 11.5 Å². The van der Waals surface area contributed by atoms with Gasteiger partial charge < -0.3 is 19.1 Å². The molecule has 30 heavy (non-hydrogen) atoms. The standard InChI is InChI=1S/C25H33NO4/c1-3-29-18-19-30-24-7-5-4-6-23(24)25(27)26-16-14-21(15-17-26)9-8-20-10-12-22(28-2)13-11-20/h4-7,10-13,21H,3,8-9,14-19H2,1-2H3. The van der Waals surface area contributed by atoms with Gasteiger partial charge in [0.05, 0.1) is 19.3 Å². The number of hydrogen-bond donors (Lipinski definition) is 0. The van der Waals surface area contributed by atoms with Gasteiger partial charge in [0.1, 0.15) is 18.1 Å². The van der Waals surface area contributed by atoms with Gasteiger partial charge >= 0.3 is 0 Å². The summed E-state index contributed by atoms with van der Waals surface area (Å²) in [6, 6.07) is 15.8. The molecule has 1 aliphatic heterocycles. The number of benzene rings is 2. The quantitative estimate of drug-likeness (QED) is 0.536. The number of methoxy groups -OCH3 is 1. The van der Waals surface area contributed by atoms with E-state index < -0.39 is 0 Å². The highest BCUT2D eigenvalue weighted by Gasteiger charge is 2.25. The molecule has 0 radical (unpaired) electrons. The molecule has 1 aliphatic rings. The van der Waals surface area contributed by atoms with Crippen molar-refractivity contribution in [2.45, 2.75) is 32.6 Å². The molecule has 5 heteroatoms. The number of hydrogen-bond acceptors (Lipinski definition) is 4. The van der Waals surface area contributed by atoms with Crippen molar-refractivity contribution in [3.05, 3.63) is 59.7 Å². The largest absolute Gasteiger partial charge is 0.497 e. The SMILES string of the molecule is CCOCCOc1ccccc1C(=O)N1CCC(CCc2ccc(OC)cc2)CC1. The van der Waals surface area contributed by atoms with Gasteiger partial charge in [-0.1, -0.05) is 24.3 Å². The second-order valence-corrected chi connectivity index (χ2v) is 7.66. The first-order valence-electron chi connectivity index (χ1n) is 10.9. The summed E-state index contributed by atoms with van der Waals surface area (Å²) in [6.45, 7) is 5.21. The van der Waals surface area contributed by atoms with Crippen LogP contribution in [0, 0.1) is 5.92 Å². The molecule has 0 bridgehead atoms. The molecule has 0 saturated carbocycles. The molecule has 1 saturated heterocycles. The van der Waals surface area contributed by atoms with Crippen LogP contribution in [0.2, 0.25) is 0 Å². The predicted octanol–water partition coefficient (Wildman–Crippen LogP) is 4.60. The van der Waals surface area contributed by atoms with Gasteiger partial charge in [-0.2, -0.15) is 0 Å². The highest BCUT2D eigenvalue weighted by atomic mass is 16.5. The van der Waals surface area contributed by atoms with E-state index in [1.807, 2.05) is 48.2 Å². The number of carbonyl (C=O) groups is 1. The lowest BCUT2D eigenvalue weighted by molar-refractivity contribution is 0.0677. The maximum atomic E-state index is 13.1. The topological polar surface area (TPSA) is 48.0 Å². The lowest BCUT2D eigenvalue weighted by Gasteiger charge is -2.32. The molecule has 1 fully saturated rings. The van der Waals surface area contributed by atoms with Crippen molar-refractivity contribution in [2.75, 3.05) is 40.0 Å². The second-order valence-electron chi connectivity index (χ2n) is 7.66. The number of ether oxygens (including phenoxy) is 3. The number of carbonyl (C=O) groups excluding carboxylic acids is 1. The number of likely N-dealkylation sites (tertiary alicyclic amines) is 1. The van der Waals surface area contributed by atoms with Crippen LogP contribution in [0.1, 0.15) is 42.1 Å². The maximum absolute atomic E-state index is 13.1. The number of para-hydroxylation sites is 1. The van der Waals surface area contributed by atoms with Crippen molar-refractivity contribution in [2.24, 2.45) is 5.92 Å².